The van der Waals surface area contributed by atoms with Gasteiger partial charge in [-0.2, -0.15) is 5.26 Å². The molecule has 4 aromatic rings. The van der Waals surface area contributed by atoms with Crippen molar-refractivity contribution in [2.75, 3.05) is 14.2 Å². The maximum absolute atomic E-state index is 13.1. The topological polar surface area (TPSA) is 92.9 Å². The summed E-state index contributed by atoms with van der Waals surface area (Å²) in [6, 6.07) is 13.2. The van der Waals surface area contributed by atoms with Crippen LogP contribution in [0.3, 0.4) is 0 Å². The lowest BCUT2D eigenvalue weighted by molar-refractivity contribution is 0.355. The lowest BCUT2D eigenvalue weighted by atomic mass is 10.1. The van der Waals surface area contributed by atoms with Crippen LogP contribution in [0.15, 0.2) is 47.4 Å². The maximum atomic E-state index is 13.1. The quantitative estimate of drug-likeness (QED) is 0.580. The van der Waals surface area contributed by atoms with E-state index in [1.54, 1.807) is 12.1 Å². The fourth-order valence-electron chi connectivity index (χ4n) is 3.41. The number of aromatic amines is 1. The van der Waals surface area contributed by atoms with Gasteiger partial charge in [0.25, 0.3) is 5.56 Å². The van der Waals surface area contributed by atoms with Crippen molar-refractivity contribution >= 4 is 21.8 Å². The largest absolute Gasteiger partial charge is 0.493 e. The Morgan fingerprint density at radius 1 is 1.14 bits per heavy atom. The second kappa shape index (κ2) is 7.08. The summed E-state index contributed by atoms with van der Waals surface area (Å²) in [7, 11) is 3.02. The second-order valence-corrected chi connectivity index (χ2v) is 6.34. The van der Waals surface area contributed by atoms with E-state index in [9.17, 15) is 10.1 Å². The Kier molecular flexibility index (Phi) is 4.45. The summed E-state index contributed by atoms with van der Waals surface area (Å²) < 4.78 is 12.0. The van der Waals surface area contributed by atoms with Crippen LogP contribution in [-0.4, -0.2) is 28.8 Å². The highest BCUT2D eigenvalue weighted by molar-refractivity contribution is 5.83. The number of nitrogens with zero attached hydrogens (tertiary/aromatic N) is 3. The molecule has 140 valence electrons. The number of methoxy groups -OCH3 is 2. The third-order valence-electron chi connectivity index (χ3n) is 4.84. The Labute approximate surface area is 160 Å². The molecule has 0 radical (unpaired) electrons. The first-order valence-corrected chi connectivity index (χ1v) is 8.78. The molecule has 7 heteroatoms. The Balaban J connectivity index is 1.78. The molecular weight excluding hydrogens is 356 g/mol. The molecule has 0 bridgehead atoms. The third kappa shape index (κ3) is 2.85. The minimum atomic E-state index is -0.276. The van der Waals surface area contributed by atoms with Gasteiger partial charge in [0, 0.05) is 29.7 Å². The number of nitrogens with one attached hydrogen (secondary N) is 1. The first-order chi connectivity index (χ1) is 13.7. The zero-order chi connectivity index (χ0) is 19.7. The van der Waals surface area contributed by atoms with Crippen molar-refractivity contribution in [3.63, 3.8) is 0 Å². The van der Waals surface area contributed by atoms with Crippen LogP contribution in [0.25, 0.3) is 21.8 Å². The molecule has 4 rings (SSSR count). The van der Waals surface area contributed by atoms with Crippen LogP contribution >= 0.6 is 0 Å². The van der Waals surface area contributed by atoms with Gasteiger partial charge >= 0.3 is 0 Å². The molecule has 2 heterocycles. The fraction of sp³-hybridized carbons (Fsp3) is 0.190. The molecule has 2 aromatic heterocycles. The van der Waals surface area contributed by atoms with E-state index < -0.39 is 0 Å². The minimum Gasteiger partial charge on any atom is -0.493 e. The van der Waals surface area contributed by atoms with Gasteiger partial charge in [-0.1, -0.05) is 18.2 Å². The summed E-state index contributed by atoms with van der Waals surface area (Å²) in [6.45, 7) is 0.348. The summed E-state index contributed by atoms with van der Waals surface area (Å²) in [4.78, 5) is 20.7. The Morgan fingerprint density at radius 3 is 2.64 bits per heavy atom. The zero-order valence-electron chi connectivity index (χ0n) is 15.5. The summed E-state index contributed by atoms with van der Waals surface area (Å²) >= 11 is 0. The van der Waals surface area contributed by atoms with Crippen LogP contribution in [0, 0.1) is 11.3 Å². The van der Waals surface area contributed by atoms with Crippen molar-refractivity contribution < 1.29 is 9.47 Å². The van der Waals surface area contributed by atoms with Crippen LogP contribution in [0.4, 0.5) is 0 Å². The van der Waals surface area contributed by atoms with E-state index in [0.29, 0.717) is 35.4 Å². The van der Waals surface area contributed by atoms with Crippen molar-refractivity contribution in [3.05, 3.63) is 64.3 Å². The van der Waals surface area contributed by atoms with Gasteiger partial charge in [0.15, 0.2) is 11.5 Å². The smallest absolute Gasteiger partial charge is 0.262 e. The number of aryl methyl sites for hydroxylation is 1. The number of hydrogen-bond acceptors (Lipinski definition) is 5. The Morgan fingerprint density at radius 2 is 1.89 bits per heavy atom. The van der Waals surface area contributed by atoms with E-state index in [2.05, 4.69) is 9.97 Å². The van der Waals surface area contributed by atoms with Crippen LogP contribution in [0.2, 0.25) is 0 Å². The average Bonchev–Trinajstić information content (AvgIpc) is 3.15. The molecule has 0 amide bonds. The number of ether oxygens (including phenoxy) is 2. The van der Waals surface area contributed by atoms with Gasteiger partial charge in [0.05, 0.1) is 25.1 Å². The number of H-pyrrole nitrogens is 1. The lowest BCUT2D eigenvalue weighted by Gasteiger charge is -2.12. The standard InChI is InChI=1S/C21H18N4O3/c1-27-18-9-15-17(10-19(18)28-2)24-20(11-22)25(21(15)26)8-7-13-12-23-16-6-4-3-5-14(13)16/h3-6,9-10,12,23H,7-8H2,1-2H3. The third-order valence-corrected chi connectivity index (χ3v) is 4.84. The van der Waals surface area contributed by atoms with Crippen molar-refractivity contribution in [2.45, 2.75) is 13.0 Å². The number of nitriles is 1. The van der Waals surface area contributed by atoms with Crippen molar-refractivity contribution in [1.82, 2.24) is 14.5 Å². The normalized spacial score (nSPS) is 10.9. The molecular formula is C21H18N4O3. The molecule has 0 aliphatic heterocycles. The van der Waals surface area contributed by atoms with E-state index in [1.165, 1.54) is 18.8 Å². The highest BCUT2D eigenvalue weighted by Gasteiger charge is 2.15. The molecule has 0 spiro atoms. The first kappa shape index (κ1) is 17.6. The lowest BCUT2D eigenvalue weighted by Crippen LogP contribution is -2.25. The van der Waals surface area contributed by atoms with Gasteiger partial charge in [-0.05, 0) is 24.1 Å². The monoisotopic (exact) mass is 374 g/mol. The summed E-state index contributed by atoms with van der Waals surface area (Å²) in [5.74, 6) is 0.980. The Bertz CT molecular complexity index is 1280. The summed E-state index contributed by atoms with van der Waals surface area (Å²) in [5, 5.41) is 11.0. The van der Waals surface area contributed by atoms with E-state index in [4.69, 9.17) is 9.47 Å². The highest BCUT2D eigenvalue weighted by Crippen LogP contribution is 2.30. The van der Waals surface area contributed by atoms with E-state index in [1.807, 2.05) is 36.5 Å². The SMILES string of the molecule is COc1cc2nc(C#N)n(CCc3c[nH]c4ccccc34)c(=O)c2cc1OC. The van der Waals surface area contributed by atoms with Gasteiger partial charge < -0.3 is 14.5 Å². The van der Waals surface area contributed by atoms with Gasteiger partial charge in [0.2, 0.25) is 5.82 Å². The summed E-state index contributed by atoms with van der Waals surface area (Å²) in [6.07, 6.45) is 2.53. The molecule has 2 aromatic carbocycles. The number of para-hydroxylation sites is 1. The highest BCUT2D eigenvalue weighted by atomic mass is 16.5. The number of benzene rings is 2. The second-order valence-electron chi connectivity index (χ2n) is 6.34. The van der Waals surface area contributed by atoms with Crippen molar-refractivity contribution in [3.8, 4) is 17.6 Å². The predicted molar refractivity (Wildman–Crippen MR) is 106 cm³/mol. The predicted octanol–water partition coefficient (Wildman–Crippen LogP) is 3.01. The molecule has 28 heavy (non-hydrogen) atoms. The van der Waals surface area contributed by atoms with Crippen molar-refractivity contribution in [1.29, 1.82) is 5.26 Å². The fourth-order valence-corrected chi connectivity index (χ4v) is 3.41. The first-order valence-electron chi connectivity index (χ1n) is 8.78. The van der Waals surface area contributed by atoms with Crippen LogP contribution in [0.1, 0.15) is 11.4 Å². The van der Waals surface area contributed by atoms with Crippen LogP contribution in [-0.2, 0) is 13.0 Å². The molecule has 7 nitrogen and oxygen atoms in total. The minimum absolute atomic E-state index is 0.0737. The van der Waals surface area contributed by atoms with Crippen LogP contribution in [0.5, 0.6) is 11.5 Å². The molecule has 0 unspecified atom stereocenters. The molecule has 0 saturated carbocycles. The van der Waals surface area contributed by atoms with E-state index in [-0.39, 0.29) is 11.4 Å². The van der Waals surface area contributed by atoms with Gasteiger partial charge in [-0.3, -0.25) is 9.36 Å². The maximum Gasteiger partial charge on any atom is 0.262 e. The number of aromatic nitrogens is 3. The molecule has 0 saturated heterocycles. The van der Waals surface area contributed by atoms with Gasteiger partial charge in [-0.15, -0.1) is 0 Å². The van der Waals surface area contributed by atoms with Gasteiger partial charge in [0.1, 0.15) is 6.07 Å². The number of rotatable bonds is 5. The number of hydrogen-bond donors (Lipinski definition) is 1. The zero-order valence-corrected chi connectivity index (χ0v) is 15.5. The molecule has 0 atom stereocenters. The molecule has 0 aliphatic rings. The number of fused-ring (bicyclic) bond motifs is 2. The van der Waals surface area contributed by atoms with Crippen LogP contribution < -0.4 is 15.0 Å². The Hall–Kier alpha value is -3.79. The molecule has 0 fully saturated rings. The average molecular weight is 374 g/mol. The summed E-state index contributed by atoms with van der Waals surface area (Å²) in [5.41, 5.74) is 2.25. The van der Waals surface area contributed by atoms with Crippen molar-refractivity contribution in [2.24, 2.45) is 0 Å². The van der Waals surface area contributed by atoms with E-state index in [0.717, 1.165) is 16.5 Å². The molecule has 1 N–H and O–H groups in total. The van der Waals surface area contributed by atoms with Gasteiger partial charge in [-0.25, -0.2) is 4.98 Å². The molecule has 0 aliphatic carbocycles. The van der Waals surface area contributed by atoms with E-state index >= 15 is 0 Å².